The smallest absolute Gasteiger partial charge is 0.276 e. The van der Waals surface area contributed by atoms with Crippen molar-refractivity contribution in [3.8, 4) is 0 Å². The van der Waals surface area contributed by atoms with E-state index < -0.39 is 0 Å². The number of nitrogens with one attached hydrogen (secondary N) is 1. The third kappa shape index (κ3) is 5.69. The first-order valence-corrected chi connectivity index (χ1v) is 10.5. The van der Waals surface area contributed by atoms with E-state index in [0.717, 1.165) is 11.1 Å². The number of aromatic nitrogens is 1. The van der Waals surface area contributed by atoms with E-state index in [2.05, 4.69) is 22.6 Å². The summed E-state index contributed by atoms with van der Waals surface area (Å²) in [6, 6.07) is 9.90. The molecule has 7 nitrogen and oxygen atoms in total. The molecule has 1 saturated heterocycles. The number of aryl methyl sites for hydroxylation is 2. The lowest BCUT2D eigenvalue weighted by atomic mass is 9.83. The molecule has 30 heavy (non-hydrogen) atoms. The number of likely N-dealkylation sites (tertiary alicyclic amines) is 1. The zero-order valence-electron chi connectivity index (χ0n) is 18.2. The molecule has 0 unspecified atom stereocenters. The van der Waals surface area contributed by atoms with Crippen LogP contribution in [0.5, 0.6) is 0 Å². The van der Waals surface area contributed by atoms with E-state index in [-0.39, 0.29) is 35.4 Å². The van der Waals surface area contributed by atoms with Gasteiger partial charge >= 0.3 is 0 Å². The zero-order valence-corrected chi connectivity index (χ0v) is 18.2. The van der Waals surface area contributed by atoms with Gasteiger partial charge < -0.3 is 19.5 Å². The van der Waals surface area contributed by atoms with Gasteiger partial charge in [0.2, 0.25) is 5.91 Å². The van der Waals surface area contributed by atoms with Gasteiger partial charge in [-0.25, -0.2) is 0 Å². The van der Waals surface area contributed by atoms with Crippen LogP contribution in [0.1, 0.15) is 53.6 Å². The number of hydrogen-bond donors (Lipinski definition) is 1. The Morgan fingerprint density at radius 3 is 2.73 bits per heavy atom. The Balaban J connectivity index is 1.74. The highest BCUT2D eigenvalue weighted by Crippen LogP contribution is 2.31. The molecule has 1 aliphatic heterocycles. The molecule has 162 valence electrons. The highest BCUT2D eigenvalue weighted by Gasteiger charge is 2.35. The van der Waals surface area contributed by atoms with Gasteiger partial charge in [0.15, 0.2) is 5.69 Å². The Hall–Kier alpha value is -2.67. The minimum Gasteiger partial charge on any atom is -0.377 e. The van der Waals surface area contributed by atoms with E-state index in [4.69, 9.17) is 9.26 Å². The Morgan fingerprint density at radius 1 is 1.27 bits per heavy atom. The first-order chi connectivity index (χ1) is 14.3. The average Bonchev–Trinajstić information content (AvgIpc) is 3.16. The number of amides is 2. The number of hydrogen-bond acceptors (Lipinski definition) is 5. The Labute approximate surface area is 177 Å². The second kappa shape index (κ2) is 9.89. The molecule has 2 atom stereocenters. The van der Waals surface area contributed by atoms with Crippen molar-refractivity contribution in [1.29, 1.82) is 0 Å². The first-order valence-electron chi connectivity index (χ1n) is 10.5. The molecule has 0 bridgehead atoms. The Kier molecular flexibility index (Phi) is 7.26. The van der Waals surface area contributed by atoms with Crippen molar-refractivity contribution >= 4 is 11.8 Å². The molecule has 1 fully saturated rings. The van der Waals surface area contributed by atoms with Crippen molar-refractivity contribution in [3.05, 3.63) is 52.9 Å². The maximum Gasteiger partial charge on any atom is 0.276 e. The molecule has 0 radical (unpaired) electrons. The van der Waals surface area contributed by atoms with E-state index in [1.807, 2.05) is 32.9 Å². The molecule has 2 amide bonds. The van der Waals surface area contributed by atoms with E-state index >= 15 is 0 Å². The summed E-state index contributed by atoms with van der Waals surface area (Å²) < 4.78 is 10.6. The quantitative estimate of drug-likeness (QED) is 0.705. The minimum absolute atomic E-state index is 0.0474. The summed E-state index contributed by atoms with van der Waals surface area (Å²) in [7, 11) is 0. The van der Waals surface area contributed by atoms with E-state index in [1.54, 1.807) is 17.9 Å². The third-order valence-corrected chi connectivity index (χ3v) is 5.32. The number of ether oxygens (including phenoxy) is 1. The summed E-state index contributed by atoms with van der Waals surface area (Å²) >= 11 is 0. The SMILES string of the molecule is Cc1cccc([C@H]2C[C@@H](C(=O)NCCOC(C)C)CN(C(=O)c3cc(C)on3)C2)c1. The van der Waals surface area contributed by atoms with Crippen molar-refractivity contribution in [3.63, 3.8) is 0 Å². The van der Waals surface area contributed by atoms with Crippen LogP contribution >= 0.6 is 0 Å². The fraction of sp³-hybridized carbons (Fsp3) is 0.522. The van der Waals surface area contributed by atoms with Crippen molar-refractivity contribution in [1.82, 2.24) is 15.4 Å². The van der Waals surface area contributed by atoms with Crippen molar-refractivity contribution in [2.75, 3.05) is 26.2 Å². The topological polar surface area (TPSA) is 84.7 Å². The number of piperidine rings is 1. The predicted octanol–water partition coefficient (Wildman–Crippen LogP) is 3.08. The van der Waals surface area contributed by atoms with Gasteiger partial charge in [-0.1, -0.05) is 35.0 Å². The maximum absolute atomic E-state index is 13.0. The molecule has 1 aromatic heterocycles. The fourth-order valence-corrected chi connectivity index (χ4v) is 3.86. The first kappa shape index (κ1) is 22.0. The van der Waals surface area contributed by atoms with Crippen LogP contribution in [0.25, 0.3) is 0 Å². The van der Waals surface area contributed by atoms with Gasteiger partial charge in [-0.15, -0.1) is 0 Å². The van der Waals surface area contributed by atoms with E-state index in [9.17, 15) is 9.59 Å². The van der Waals surface area contributed by atoms with Crippen molar-refractivity contribution in [2.45, 2.75) is 46.1 Å². The van der Waals surface area contributed by atoms with Gasteiger partial charge in [0.25, 0.3) is 5.91 Å². The van der Waals surface area contributed by atoms with Gasteiger partial charge in [-0.3, -0.25) is 9.59 Å². The van der Waals surface area contributed by atoms with Crippen LogP contribution in [-0.4, -0.2) is 54.2 Å². The molecule has 3 rings (SSSR count). The maximum atomic E-state index is 13.0. The van der Waals surface area contributed by atoms with Crippen LogP contribution in [-0.2, 0) is 9.53 Å². The molecule has 1 N–H and O–H groups in total. The van der Waals surface area contributed by atoms with Crippen LogP contribution in [0.2, 0.25) is 0 Å². The van der Waals surface area contributed by atoms with Crippen molar-refractivity contribution in [2.24, 2.45) is 5.92 Å². The number of rotatable bonds is 7. The summed E-state index contributed by atoms with van der Waals surface area (Å²) in [4.78, 5) is 27.6. The van der Waals surface area contributed by atoms with E-state index in [1.165, 1.54) is 0 Å². The molecular formula is C23H31N3O4. The second-order valence-electron chi connectivity index (χ2n) is 8.29. The summed E-state index contributed by atoms with van der Waals surface area (Å²) in [5.74, 6) is 0.127. The number of carbonyl (C=O) groups is 2. The normalized spacial score (nSPS) is 19.2. The van der Waals surface area contributed by atoms with E-state index in [0.29, 0.717) is 38.4 Å². The fourth-order valence-electron chi connectivity index (χ4n) is 3.86. The molecule has 0 spiro atoms. The highest BCUT2D eigenvalue weighted by molar-refractivity contribution is 5.93. The summed E-state index contributed by atoms with van der Waals surface area (Å²) in [5, 5.41) is 6.82. The van der Waals surface area contributed by atoms with Crippen LogP contribution in [0, 0.1) is 19.8 Å². The molecular weight excluding hydrogens is 382 g/mol. The average molecular weight is 414 g/mol. The number of carbonyl (C=O) groups excluding carboxylic acids is 2. The molecule has 1 aromatic carbocycles. The molecule has 2 aromatic rings. The lowest BCUT2D eigenvalue weighted by Crippen LogP contribution is -2.48. The van der Waals surface area contributed by atoms with Crippen LogP contribution in [0.15, 0.2) is 34.9 Å². The Morgan fingerprint density at radius 2 is 2.07 bits per heavy atom. The lowest BCUT2D eigenvalue weighted by molar-refractivity contribution is -0.126. The molecule has 2 heterocycles. The monoisotopic (exact) mass is 413 g/mol. The third-order valence-electron chi connectivity index (χ3n) is 5.32. The summed E-state index contributed by atoms with van der Waals surface area (Å²) in [6.45, 7) is 9.57. The van der Waals surface area contributed by atoms with Crippen LogP contribution < -0.4 is 5.32 Å². The standard InChI is InChI=1S/C23H31N3O4/c1-15(2)29-9-8-24-22(27)20-12-19(18-7-5-6-16(3)10-18)13-26(14-20)23(28)21-11-17(4)30-25-21/h5-7,10-11,15,19-20H,8-9,12-14H2,1-4H3,(H,24,27)/t19-,20+/m0/s1. The van der Waals surface area contributed by atoms with Gasteiger partial charge in [-0.05, 0) is 39.7 Å². The summed E-state index contributed by atoms with van der Waals surface area (Å²) in [6.07, 6.45) is 0.823. The van der Waals surface area contributed by atoms with Gasteiger partial charge in [0, 0.05) is 31.6 Å². The minimum atomic E-state index is -0.291. The molecule has 0 aliphatic carbocycles. The van der Waals surface area contributed by atoms with Gasteiger partial charge in [-0.2, -0.15) is 0 Å². The largest absolute Gasteiger partial charge is 0.377 e. The molecule has 1 aliphatic rings. The number of nitrogens with zero attached hydrogens (tertiary/aromatic N) is 2. The van der Waals surface area contributed by atoms with Gasteiger partial charge in [0.05, 0.1) is 18.6 Å². The zero-order chi connectivity index (χ0) is 21.7. The van der Waals surface area contributed by atoms with Crippen molar-refractivity contribution < 1.29 is 18.8 Å². The van der Waals surface area contributed by atoms with Crippen LogP contribution in [0.4, 0.5) is 0 Å². The highest BCUT2D eigenvalue weighted by atomic mass is 16.5. The lowest BCUT2D eigenvalue weighted by Gasteiger charge is -2.37. The van der Waals surface area contributed by atoms with Crippen LogP contribution in [0.3, 0.4) is 0 Å². The summed E-state index contributed by atoms with van der Waals surface area (Å²) in [5.41, 5.74) is 2.58. The second-order valence-corrected chi connectivity index (χ2v) is 8.29. The number of benzene rings is 1. The van der Waals surface area contributed by atoms with Gasteiger partial charge in [0.1, 0.15) is 5.76 Å². The molecule has 0 saturated carbocycles. The Bertz CT molecular complexity index is 877. The molecule has 7 heteroatoms. The predicted molar refractivity (Wildman–Crippen MR) is 113 cm³/mol.